The Balaban J connectivity index is 2.41. The number of nitrogens with zero attached hydrogens (tertiary/aromatic N) is 1. The number of carboxylic acids is 1. The quantitative estimate of drug-likeness (QED) is 0.854. The second kappa shape index (κ2) is 5.40. The smallest absolute Gasteiger partial charge is 0.341 e. The Morgan fingerprint density at radius 2 is 1.85 bits per heavy atom. The van der Waals surface area contributed by atoms with Gasteiger partial charge in [-0.2, -0.15) is 0 Å². The van der Waals surface area contributed by atoms with Crippen molar-refractivity contribution in [2.24, 2.45) is 5.73 Å². The molecule has 0 saturated carbocycles. The summed E-state index contributed by atoms with van der Waals surface area (Å²) < 4.78 is 1.52. The van der Waals surface area contributed by atoms with Gasteiger partial charge in [-0.05, 0) is 11.6 Å². The van der Waals surface area contributed by atoms with Gasteiger partial charge in [-0.1, -0.05) is 18.2 Å². The molecule has 0 atom stereocenters. The number of hydrogen-bond donors (Lipinski definition) is 2. The fourth-order valence-electron chi connectivity index (χ4n) is 1.88. The van der Waals surface area contributed by atoms with E-state index in [9.17, 15) is 14.4 Å². The first-order valence-electron chi connectivity index (χ1n) is 5.80. The van der Waals surface area contributed by atoms with E-state index in [-0.39, 0.29) is 12.1 Å². The molecule has 0 aliphatic heterocycles. The van der Waals surface area contributed by atoms with Crippen LogP contribution in [0.25, 0.3) is 0 Å². The highest BCUT2D eigenvalue weighted by Gasteiger charge is 2.10. The van der Waals surface area contributed by atoms with E-state index in [0.717, 1.165) is 0 Å². The van der Waals surface area contributed by atoms with E-state index in [1.165, 1.54) is 23.0 Å². The topological polar surface area (TPSA) is 102 Å². The summed E-state index contributed by atoms with van der Waals surface area (Å²) in [5, 5.41) is 8.91. The highest BCUT2D eigenvalue weighted by molar-refractivity contribution is 5.94. The Morgan fingerprint density at radius 1 is 1.15 bits per heavy atom. The van der Waals surface area contributed by atoms with Crippen LogP contribution in [0.2, 0.25) is 0 Å². The molecular formula is C14H12N2O4. The van der Waals surface area contributed by atoms with Crippen molar-refractivity contribution in [3.05, 3.63) is 69.6 Å². The average molecular weight is 272 g/mol. The zero-order valence-corrected chi connectivity index (χ0v) is 10.4. The third kappa shape index (κ3) is 2.74. The lowest BCUT2D eigenvalue weighted by Crippen LogP contribution is -2.18. The number of nitrogens with two attached hydrogens (primary N) is 1. The van der Waals surface area contributed by atoms with E-state index < -0.39 is 17.3 Å². The van der Waals surface area contributed by atoms with Crippen LogP contribution in [0.15, 0.2) is 47.5 Å². The molecule has 3 N–H and O–H groups in total. The number of carboxylic acid groups (broad SMARTS) is 1. The minimum atomic E-state index is -1.28. The minimum absolute atomic E-state index is 0.250. The molecule has 0 spiro atoms. The molecule has 0 unspecified atom stereocenters. The van der Waals surface area contributed by atoms with Crippen molar-refractivity contribution >= 4 is 11.9 Å². The molecule has 0 bridgehead atoms. The molecule has 20 heavy (non-hydrogen) atoms. The van der Waals surface area contributed by atoms with Crippen LogP contribution in [0.3, 0.4) is 0 Å². The van der Waals surface area contributed by atoms with Gasteiger partial charge in [-0.15, -0.1) is 0 Å². The summed E-state index contributed by atoms with van der Waals surface area (Å²) in [4.78, 5) is 33.6. The number of amides is 1. The van der Waals surface area contributed by atoms with Gasteiger partial charge < -0.3 is 15.4 Å². The van der Waals surface area contributed by atoms with E-state index >= 15 is 0 Å². The van der Waals surface area contributed by atoms with Gasteiger partial charge in [0.15, 0.2) is 5.43 Å². The highest BCUT2D eigenvalue weighted by Crippen LogP contribution is 2.10. The molecule has 6 heteroatoms. The number of benzene rings is 1. The summed E-state index contributed by atoms with van der Waals surface area (Å²) in [5.74, 6) is -1.84. The summed E-state index contributed by atoms with van der Waals surface area (Å²) in [7, 11) is 0. The maximum atomic E-state index is 11.4. The first-order valence-corrected chi connectivity index (χ1v) is 5.80. The number of carbonyl (C=O) groups is 2. The SMILES string of the molecule is NC(=O)c1ccccc1Cn1ccc(=O)c(C(=O)O)c1. The normalized spacial score (nSPS) is 10.2. The van der Waals surface area contributed by atoms with Crippen LogP contribution in [0.5, 0.6) is 0 Å². The van der Waals surface area contributed by atoms with Gasteiger partial charge in [-0.25, -0.2) is 4.79 Å². The third-order valence-electron chi connectivity index (χ3n) is 2.84. The van der Waals surface area contributed by atoms with Gasteiger partial charge in [0.25, 0.3) is 0 Å². The second-order valence-electron chi connectivity index (χ2n) is 4.22. The van der Waals surface area contributed by atoms with E-state index in [1.54, 1.807) is 24.3 Å². The van der Waals surface area contributed by atoms with Gasteiger partial charge in [0, 0.05) is 30.6 Å². The molecule has 2 aromatic rings. The molecule has 0 saturated heterocycles. The van der Waals surface area contributed by atoms with E-state index in [0.29, 0.717) is 11.1 Å². The third-order valence-corrected chi connectivity index (χ3v) is 2.84. The van der Waals surface area contributed by atoms with Crippen LogP contribution in [0, 0.1) is 0 Å². The number of carbonyl (C=O) groups excluding carboxylic acids is 1. The number of aromatic carboxylic acids is 1. The van der Waals surface area contributed by atoms with Crippen LogP contribution >= 0.6 is 0 Å². The molecule has 0 radical (unpaired) electrons. The van der Waals surface area contributed by atoms with Crippen molar-refractivity contribution in [3.63, 3.8) is 0 Å². The molecule has 2 rings (SSSR count). The van der Waals surface area contributed by atoms with Crippen molar-refractivity contribution < 1.29 is 14.7 Å². The largest absolute Gasteiger partial charge is 0.477 e. The van der Waals surface area contributed by atoms with Crippen LogP contribution in [-0.2, 0) is 6.54 Å². The van der Waals surface area contributed by atoms with E-state index in [4.69, 9.17) is 10.8 Å². The van der Waals surface area contributed by atoms with E-state index in [1.807, 2.05) is 0 Å². The monoisotopic (exact) mass is 272 g/mol. The molecule has 0 aliphatic carbocycles. The summed E-state index contributed by atoms with van der Waals surface area (Å²) in [6, 6.07) is 7.94. The predicted octanol–water partition coefficient (Wildman–Crippen LogP) is 0.694. The van der Waals surface area contributed by atoms with Crippen LogP contribution < -0.4 is 11.2 Å². The lowest BCUT2D eigenvalue weighted by atomic mass is 10.1. The van der Waals surface area contributed by atoms with Gasteiger partial charge in [0.1, 0.15) is 5.56 Å². The predicted molar refractivity (Wildman–Crippen MR) is 71.7 cm³/mol. The Labute approximate surface area is 114 Å². The standard InChI is InChI=1S/C14H12N2O4/c15-13(18)10-4-2-1-3-9(10)7-16-6-5-12(17)11(8-16)14(19)20/h1-6,8H,7H2,(H2,15,18)(H,19,20). The van der Waals surface area contributed by atoms with Gasteiger partial charge in [-0.3, -0.25) is 9.59 Å². The fourth-order valence-corrected chi connectivity index (χ4v) is 1.88. The summed E-state index contributed by atoms with van der Waals surface area (Å²) in [5.41, 5.74) is 5.42. The molecule has 1 heterocycles. The van der Waals surface area contributed by atoms with Crippen molar-refractivity contribution in [1.82, 2.24) is 4.57 Å². The van der Waals surface area contributed by atoms with Crippen LogP contribution in [-0.4, -0.2) is 21.6 Å². The fraction of sp³-hybridized carbons (Fsp3) is 0.0714. The summed E-state index contributed by atoms with van der Waals surface area (Å²) >= 11 is 0. The Bertz CT molecular complexity index is 734. The van der Waals surface area contributed by atoms with Crippen LogP contribution in [0.1, 0.15) is 26.3 Å². The lowest BCUT2D eigenvalue weighted by Gasteiger charge is -2.10. The molecule has 1 aromatic carbocycles. The molecule has 0 fully saturated rings. The molecule has 1 amide bonds. The van der Waals surface area contributed by atoms with Gasteiger partial charge >= 0.3 is 5.97 Å². The number of primary amides is 1. The minimum Gasteiger partial charge on any atom is -0.477 e. The number of pyridine rings is 1. The Kier molecular flexibility index (Phi) is 3.65. The molecular weight excluding hydrogens is 260 g/mol. The van der Waals surface area contributed by atoms with Crippen molar-refractivity contribution in [2.45, 2.75) is 6.54 Å². The zero-order valence-electron chi connectivity index (χ0n) is 10.4. The average Bonchev–Trinajstić information content (AvgIpc) is 2.41. The van der Waals surface area contributed by atoms with Gasteiger partial charge in [0.05, 0.1) is 0 Å². The number of rotatable bonds is 4. The number of hydrogen-bond acceptors (Lipinski definition) is 3. The first kappa shape index (κ1) is 13.5. The van der Waals surface area contributed by atoms with Crippen molar-refractivity contribution in [1.29, 1.82) is 0 Å². The molecule has 6 nitrogen and oxygen atoms in total. The summed E-state index contributed by atoms with van der Waals surface area (Å²) in [6.07, 6.45) is 2.70. The highest BCUT2D eigenvalue weighted by atomic mass is 16.4. The summed E-state index contributed by atoms with van der Waals surface area (Å²) in [6.45, 7) is 0.250. The van der Waals surface area contributed by atoms with E-state index in [2.05, 4.69) is 0 Å². The molecule has 102 valence electrons. The van der Waals surface area contributed by atoms with Gasteiger partial charge in [0.2, 0.25) is 5.91 Å². The maximum Gasteiger partial charge on any atom is 0.341 e. The molecule has 0 aliphatic rings. The second-order valence-corrected chi connectivity index (χ2v) is 4.22. The molecule has 1 aromatic heterocycles. The maximum absolute atomic E-state index is 11.4. The zero-order chi connectivity index (χ0) is 14.7. The van der Waals surface area contributed by atoms with Crippen molar-refractivity contribution in [2.75, 3.05) is 0 Å². The first-order chi connectivity index (χ1) is 9.49. The Morgan fingerprint density at radius 3 is 2.50 bits per heavy atom. The lowest BCUT2D eigenvalue weighted by molar-refractivity contribution is 0.0694. The number of aromatic nitrogens is 1. The Hall–Kier alpha value is -2.89. The van der Waals surface area contributed by atoms with Crippen molar-refractivity contribution in [3.8, 4) is 0 Å². The van der Waals surface area contributed by atoms with Crippen LogP contribution in [0.4, 0.5) is 0 Å².